The molecule has 33 heavy (non-hydrogen) atoms. The third-order valence-corrected chi connectivity index (χ3v) is 7.69. The van der Waals surface area contributed by atoms with Crippen molar-refractivity contribution in [2.24, 2.45) is 0 Å². The summed E-state index contributed by atoms with van der Waals surface area (Å²) >= 11 is 1.36. The minimum Gasteiger partial charge on any atom is -0.494 e. The minimum atomic E-state index is -3.45. The van der Waals surface area contributed by atoms with Crippen molar-refractivity contribution in [1.29, 1.82) is 0 Å². The molecule has 0 aliphatic carbocycles. The average Bonchev–Trinajstić information content (AvgIpc) is 3.26. The van der Waals surface area contributed by atoms with E-state index in [0.29, 0.717) is 22.0 Å². The average molecular weight is 482 g/mol. The third-order valence-electron chi connectivity index (χ3n) is 5.04. The lowest BCUT2D eigenvalue weighted by molar-refractivity contribution is -0.118. The van der Waals surface area contributed by atoms with Gasteiger partial charge in [0.15, 0.2) is 15.0 Å². The van der Waals surface area contributed by atoms with E-state index in [9.17, 15) is 13.2 Å². The molecule has 0 bridgehead atoms. The van der Waals surface area contributed by atoms with Gasteiger partial charge in [0.25, 0.3) is 0 Å². The standard InChI is InChI=1S/C24H23N3O4S2/c1-31-20-10-5-11-21-23(20)26-24(32-21)27(16-19-9-6-13-25-15-19)22(28)12-14-33(29,30)17-18-7-3-2-4-8-18/h2-11,13,15H,12,14,16-17H2,1H3. The molecule has 0 saturated carbocycles. The van der Waals surface area contributed by atoms with Crippen LogP contribution in [0.25, 0.3) is 10.2 Å². The predicted molar refractivity (Wildman–Crippen MR) is 130 cm³/mol. The molecule has 2 heterocycles. The Hall–Kier alpha value is -3.30. The van der Waals surface area contributed by atoms with Crippen molar-refractivity contribution in [1.82, 2.24) is 9.97 Å². The highest BCUT2D eigenvalue weighted by Crippen LogP contribution is 2.35. The van der Waals surface area contributed by atoms with Crippen LogP contribution in [-0.4, -0.2) is 37.2 Å². The topological polar surface area (TPSA) is 89.5 Å². The number of aromatic nitrogens is 2. The number of thiazole rings is 1. The highest BCUT2D eigenvalue weighted by atomic mass is 32.2. The maximum atomic E-state index is 13.3. The first-order valence-corrected chi connectivity index (χ1v) is 13.0. The van der Waals surface area contributed by atoms with Gasteiger partial charge in [0.05, 0.1) is 29.9 Å². The molecule has 2 aromatic carbocycles. The Bertz CT molecular complexity index is 1340. The summed E-state index contributed by atoms with van der Waals surface area (Å²) in [6, 6.07) is 18.2. The van der Waals surface area contributed by atoms with Gasteiger partial charge in [-0.3, -0.25) is 14.7 Å². The molecule has 0 radical (unpaired) electrons. The van der Waals surface area contributed by atoms with E-state index in [-0.39, 0.29) is 30.4 Å². The van der Waals surface area contributed by atoms with Crippen molar-refractivity contribution < 1.29 is 17.9 Å². The number of hydrogen-bond acceptors (Lipinski definition) is 7. The molecule has 0 atom stereocenters. The maximum absolute atomic E-state index is 13.3. The molecule has 0 N–H and O–H groups in total. The van der Waals surface area contributed by atoms with Crippen molar-refractivity contribution in [3.8, 4) is 5.75 Å². The molecule has 0 saturated heterocycles. The molecular weight excluding hydrogens is 458 g/mol. The quantitative estimate of drug-likeness (QED) is 0.355. The predicted octanol–water partition coefficient (Wildman–Crippen LogP) is 4.24. The van der Waals surface area contributed by atoms with Gasteiger partial charge in [0.2, 0.25) is 5.91 Å². The molecule has 7 nitrogen and oxygen atoms in total. The van der Waals surface area contributed by atoms with E-state index in [1.165, 1.54) is 16.2 Å². The number of anilines is 1. The Labute approximate surface area is 196 Å². The summed E-state index contributed by atoms with van der Waals surface area (Å²) in [5.74, 6) is -0.0247. The van der Waals surface area contributed by atoms with Gasteiger partial charge in [-0.25, -0.2) is 13.4 Å². The van der Waals surface area contributed by atoms with Crippen LogP contribution in [0.1, 0.15) is 17.5 Å². The summed E-state index contributed by atoms with van der Waals surface area (Å²) in [5.41, 5.74) is 2.19. The first kappa shape index (κ1) is 22.9. The lowest BCUT2D eigenvalue weighted by Crippen LogP contribution is -2.32. The van der Waals surface area contributed by atoms with E-state index >= 15 is 0 Å². The summed E-state index contributed by atoms with van der Waals surface area (Å²) in [7, 11) is -1.88. The summed E-state index contributed by atoms with van der Waals surface area (Å²) < 4.78 is 31.6. The van der Waals surface area contributed by atoms with Crippen LogP contribution in [0.5, 0.6) is 5.75 Å². The van der Waals surface area contributed by atoms with Crippen LogP contribution < -0.4 is 9.64 Å². The normalized spacial score (nSPS) is 11.4. The van der Waals surface area contributed by atoms with Gasteiger partial charge >= 0.3 is 0 Å². The van der Waals surface area contributed by atoms with Crippen LogP contribution in [0.2, 0.25) is 0 Å². The SMILES string of the molecule is COc1cccc2sc(N(Cc3cccnc3)C(=O)CCS(=O)(=O)Cc3ccccc3)nc12. The maximum Gasteiger partial charge on any atom is 0.230 e. The van der Waals surface area contributed by atoms with Crippen LogP contribution >= 0.6 is 11.3 Å². The second-order valence-electron chi connectivity index (χ2n) is 7.47. The number of benzene rings is 2. The molecule has 0 aliphatic heterocycles. The zero-order chi connectivity index (χ0) is 23.3. The first-order chi connectivity index (χ1) is 15.9. The fourth-order valence-corrected chi connectivity index (χ4v) is 5.74. The van der Waals surface area contributed by atoms with Gasteiger partial charge in [0.1, 0.15) is 11.3 Å². The number of carbonyl (C=O) groups is 1. The third kappa shape index (κ3) is 5.74. The van der Waals surface area contributed by atoms with Crippen molar-refractivity contribution in [3.05, 3.63) is 84.2 Å². The number of sulfone groups is 1. The molecule has 9 heteroatoms. The number of nitrogens with zero attached hydrogens (tertiary/aromatic N) is 3. The molecule has 2 aromatic heterocycles. The van der Waals surface area contributed by atoms with Crippen molar-refractivity contribution in [3.63, 3.8) is 0 Å². The van der Waals surface area contributed by atoms with Crippen molar-refractivity contribution >= 4 is 42.4 Å². The van der Waals surface area contributed by atoms with E-state index in [4.69, 9.17) is 4.74 Å². The van der Waals surface area contributed by atoms with Crippen molar-refractivity contribution in [2.45, 2.75) is 18.7 Å². The van der Waals surface area contributed by atoms with E-state index in [0.717, 1.165) is 10.3 Å². The highest BCUT2D eigenvalue weighted by Gasteiger charge is 2.23. The van der Waals surface area contributed by atoms with Crippen LogP contribution in [0.3, 0.4) is 0 Å². The fourth-order valence-electron chi connectivity index (χ4n) is 3.41. The number of ether oxygens (including phenoxy) is 1. The van der Waals surface area contributed by atoms with Crippen LogP contribution in [0.4, 0.5) is 5.13 Å². The second kappa shape index (κ2) is 10.1. The summed E-state index contributed by atoms with van der Waals surface area (Å²) in [6.45, 7) is 0.244. The number of pyridine rings is 1. The van der Waals surface area contributed by atoms with Gasteiger partial charge in [-0.15, -0.1) is 0 Å². The number of methoxy groups -OCH3 is 1. The number of fused-ring (bicyclic) bond motifs is 1. The van der Waals surface area contributed by atoms with Gasteiger partial charge in [0, 0.05) is 18.8 Å². The summed E-state index contributed by atoms with van der Waals surface area (Å²) in [5, 5.41) is 0.490. The number of amides is 1. The molecule has 0 aliphatic rings. The Morgan fingerprint density at radius 2 is 1.82 bits per heavy atom. The number of rotatable bonds is 9. The Kier molecular flexibility index (Phi) is 7.00. The van der Waals surface area contributed by atoms with Gasteiger partial charge < -0.3 is 4.74 Å². The summed E-state index contributed by atoms with van der Waals surface area (Å²) in [4.78, 5) is 23.5. The van der Waals surface area contributed by atoms with E-state index in [2.05, 4.69) is 9.97 Å². The number of carbonyl (C=O) groups excluding carboxylic acids is 1. The minimum absolute atomic E-state index is 0.0952. The molecule has 1 amide bonds. The summed E-state index contributed by atoms with van der Waals surface area (Å²) in [6.07, 6.45) is 3.21. The lowest BCUT2D eigenvalue weighted by Gasteiger charge is -2.20. The van der Waals surface area contributed by atoms with Gasteiger partial charge in [-0.05, 0) is 29.3 Å². The molecule has 4 aromatic rings. The molecular formula is C24H23N3O4S2. The highest BCUT2D eigenvalue weighted by molar-refractivity contribution is 7.90. The monoisotopic (exact) mass is 481 g/mol. The van der Waals surface area contributed by atoms with Crippen LogP contribution in [-0.2, 0) is 26.9 Å². The second-order valence-corrected chi connectivity index (χ2v) is 10.7. The number of para-hydroxylation sites is 1. The smallest absolute Gasteiger partial charge is 0.230 e. The lowest BCUT2D eigenvalue weighted by atomic mass is 10.2. The molecule has 0 spiro atoms. The van der Waals surface area contributed by atoms with Crippen LogP contribution in [0.15, 0.2) is 73.1 Å². The Morgan fingerprint density at radius 1 is 1.03 bits per heavy atom. The van der Waals surface area contributed by atoms with Gasteiger partial charge in [-0.1, -0.05) is 53.8 Å². The fraction of sp³-hybridized carbons (Fsp3) is 0.208. The zero-order valence-corrected chi connectivity index (χ0v) is 19.7. The molecule has 0 fully saturated rings. The van der Waals surface area contributed by atoms with E-state index in [1.807, 2.05) is 30.3 Å². The zero-order valence-electron chi connectivity index (χ0n) is 18.0. The van der Waals surface area contributed by atoms with Crippen LogP contribution in [0, 0.1) is 0 Å². The molecule has 4 rings (SSSR count). The Balaban J connectivity index is 1.57. The van der Waals surface area contributed by atoms with Crippen molar-refractivity contribution in [2.75, 3.05) is 17.8 Å². The van der Waals surface area contributed by atoms with E-state index < -0.39 is 9.84 Å². The Morgan fingerprint density at radius 3 is 2.55 bits per heavy atom. The first-order valence-electron chi connectivity index (χ1n) is 10.3. The largest absolute Gasteiger partial charge is 0.494 e. The number of hydrogen-bond donors (Lipinski definition) is 0. The van der Waals surface area contributed by atoms with Gasteiger partial charge in [-0.2, -0.15) is 0 Å². The van der Waals surface area contributed by atoms with E-state index in [1.54, 1.807) is 49.8 Å². The molecule has 170 valence electrons. The molecule has 0 unspecified atom stereocenters.